The zero-order chi connectivity index (χ0) is 17.8. The van der Waals surface area contributed by atoms with Gasteiger partial charge in [-0.2, -0.15) is 0 Å². The van der Waals surface area contributed by atoms with Gasteiger partial charge < -0.3 is 24.8 Å². The summed E-state index contributed by atoms with van der Waals surface area (Å²) in [5, 5.41) is 29.3. The van der Waals surface area contributed by atoms with Crippen molar-refractivity contribution >= 4 is 0 Å². The quantitative estimate of drug-likeness (QED) is 0.770. The third-order valence-electron chi connectivity index (χ3n) is 4.28. The summed E-state index contributed by atoms with van der Waals surface area (Å²) in [6.45, 7) is 0.104. The standard InChI is InChI=1S/C19H21FO5/c20-14-5-1-12(2-6-14)11-24-15-7-3-13(4-8-15)19-18(23)17(22)9-16(10-21)25-19/h1-8,16-19,21-23H,9-11H2. The second-order valence-corrected chi connectivity index (χ2v) is 6.14. The Morgan fingerprint density at radius 1 is 1.04 bits per heavy atom. The molecular weight excluding hydrogens is 327 g/mol. The van der Waals surface area contributed by atoms with E-state index in [1.165, 1.54) is 12.1 Å². The average molecular weight is 348 g/mol. The fourth-order valence-electron chi connectivity index (χ4n) is 2.85. The minimum absolute atomic E-state index is 0.201. The maximum absolute atomic E-state index is 12.9. The molecule has 1 aliphatic rings. The molecule has 2 aromatic rings. The molecule has 0 radical (unpaired) electrons. The number of ether oxygens (including phenoxy) is 2. The lowest BCUT2D eigenvalue weighted by Crippen LogP contribution is -2.44. The Kier molecular flexibility index (Phi) is 5.65. The van der Waals surface area contributed by atoms with E-state index < -0.39 is 24.4 Å². The van der Waals surface area contributed by atoms with Gasteiger partial charge in [0.05, 0.1) is 18.8 Å². The number of aliphatic hydroxyl groups is 3. The molecule has 6 heteroatoms. The first kappa shape index (κ1) is 17.8. The molecule has 5 nitrogen and oxygen atoms in total. The lowest BCUT2D eigenvalue weighted by atomic mass is 9.93. The largest absolute Gasteiger partial charge is 0.489 e. The van der Waals surface area contributed by atoms with Crippen LogP contribution in [0.15, 0.2) is 48.5 Å². The fraction of sp³-hybridized carbons (Fsp3) is 0.368. The van der Waals surface area contributed by atoms with Gasteiger partial charge >= 0.3 is 0 Å². The maximum Gasteiger partial charge on any atom is 0.123 e. The Labute approximate surface area is 145 Å². The van der Waals surface area contributed by atoms with Crippen LogP contribution in [-0.2, 0) is 11.3 Å². The van der Waals surface area contributed by atoms with Crippen molar-refractivity contribution in [3.05, 3.63) is 65.5 Å². The SMILES string of the molecule is OCC1CC(O)C(O)C(c2ccc(OCc3ccc(F)cc3)cc2)O1. The highest BCUT2D eigenvalue weighted by Gasteiger charge is 2.37. The number of halogens is 1. The van der Waals surface area contributed by atoms with Gasteiger partial charge in [0.2, 0.25) is 0 Å². The van der Waals surface area contributed by atoms with Gasteiger partial charge in [0, 0.05) is 6.42 Å². The first-order valence-corrected chi connectivity index (χ1v) is 8.16. The molecule has 4 unspecified atom stereocenters. The van der Waals surface area contributed by atoms with Crippen LogP contribution in [0.25, 0.3) is 0 Å². The van der Waals surface area contributed by atoms with Crippen LogP contribution in [0.1, 0.15) is 23.7 Å². The molecule has 3 rings (SSSR count). The summed E-state index contributed by atoms with van der Waals surface area (Å²) in [5.74, 6) is 0.333. The summed E-state index contributed by atoms with van der Waals surface area (Å²) >= 11 is 0. The van der Waals surface area contributed by atoms with Crippen LogP contribution in [0.5, 0.6) is 5.75 Å². The second kappa shape index (κ2) is 7.93. The monoisotopic (exact) mass is 348 g/mol. The van der Waals surface area contributed by atoms with Gasteiger partial charge in [0.1, 0.15) is 30.4 Å². The fourth-order valence-corrected chi connectivity index (χ4v) is 2.85. The molecule has 0 aliphatic carbocycles. The molecule has 0 bridgehead atoms. The molecule has 2 aromatic carbocycles. The summed E-state index contributed by atoms with van der Waals surface area (Å²) in [6, 6.07) is 13.1. The highest BCUT2D eigenvalue weighted by molar-refractivity contribution is 5.30. The van der Waals surface area contributed by atoms with Crippen molar-refractivity contribution in [1.29, 1.82) is 0 Å². The zero-order valence-electron chi connectivity index (χ0n) is 13.6. The third-order valence-corrected chi connectivity index (χ3v) is 4.28. The average Bonchev–Trinajstić information content (AvgIpc) is 2.64. The van der Waals surface area contributed by atoms with Crippen molar-refractivity contribution < 1.29 is 29.2 Å². The van der Waals surface area contributed by atoms with Gasteiger partial charge in [-0.15, -0.1) is 0 Å². The number of aliphatic hydroxyl groups excluding tert-OH is 3. The van der Waals surface area contributed by atoms with Gasteiger partial charge in [-0.05, 0) is 35.4 Å². The van der Waals surface area contributed by atoms with Gasteiger partial charge in [0.25, 0.3) is 0 Å². The number of rotatable bonds is 5. The summed E-state index contributed by atoms with van der Waals surface area (Å²) in [7, 11) is 0. The van der Waals surface area contributed by atoms with E-state index in [-0.39, 0.29) is 18.8 Å². The van der Waals surface area contributed by atoms with E-state index in [1.807, 2.05) is 0 Å². The predicted molar refractivity (Wildman–Crippen MR) is 88.5 cm³/mol. The summed E-state index contributed by atoms with van der Waals surface area (Å²) < 4.78 is 24.2. The Morgan fingerprint density at radius 3 is 2.36 bits per heavy atom. The van der Waals surface area contributed by atoms with Crippen molar-refractivity contribution in [1.82, 2.24) is 0 Å². The van der Waals surface area contributed by atoms with E-state index >= 15 is 0 Å². The summed E-state index contributed by atoms with van der Waals surface area (Å²) in [6.07, 6.45) is -2.99. The predicted octanol–water partition coefficient (Wildman–Crippen LogP) is 1.95. The van der Waals surface area contributed by atoms with Gasteiger partial charge in [-0.25, -0.2) is 4.39 Å². The molecule has 25 heavy (non-hydrogen) atoms. The Balaban J connectivity index is 1.64. The molecule has 0 saturated carbocycles. The van der Waals surface area contributed by atoms with Gasteiger partial charge in [-0.1, -0.05) is 24.3 Å². The van der Waals surface area contributed by atoms with Crippen LogP contribution in [0.2, 0.25) is 0 Å². The summed E-state index contributed by atoms with van der Waals surface area (Å²) in [4.78, 5) is 0. The van der Waals surface area contributed by atoms with Crippen LogP contribution in [-0.4, -0.2) is 40.2 Å². The van der Waals surface area contributed by atoms with E-state index in [0.29, 0.717) is 17.9 Å². The van der Waals surface area contributed by atoms with E-state index in [1.54, 1.807) is 36.4 Å². The van der Waals surface area contributed by atoms with E-state index in [9.17, 15) is 19.7 Å². The van der Waals surface area contributed by atoms with Gasteiger partial charge in [-0.3, -0.25) is 0 Å². The normalized spacial score (nSPS) is 26.4. The van der Waals surface area contributed by atoms with Crippen molar-refractivity contribution in [3.8, 4) is 5.75 Å². The molecule has 1 aliphatic heterocycles. The topological polar surface area (TPSA) is 79.2 Å². The van der Waals surface area contributed by atoms with Gasteiger partial charge in [0.15, 0.2) is 0 Å². The maximum atomic E-state index is 12.9. The number of benzene rings is 2. The van der Waals surface area contributed by atoms with Crippen LogP contribution in [0, 0.1) is 5.82 Å². The third kappa shape index (κ3) is 4.35. The minimum Gasteiger partial charge on any atom is -0.489 e. The summed E-state index contributed by atoms with van der Waals surface area (Å²) in [5.41, 5.74) is 1.55. The first-order valence-electron chi connectivity index (χ1n) is 8.16. The minimum atomic E-state index is -1.05. The lowest BCUT2D eigenvalue weighted by Gasteiger charge is -2.36. The van der Waals surface area contributed by atoms with Crippen LogP contribution in [0.3, 0.4) is 0 Å². The number of hydrogen-bond donors (Lipinski definition) is 3. The molecular formula is C19H21FO5. The van der Waals surface area contributed by atoms with Crippen molar-refractivity contribution in [2.75, 3.05) is 6.61 Å². The van der Waals surface area contributed by atoms with Crippen LogP contribution < -0.4 is 4.74 Å². The van der Waals surface area contributed by atoms with Crippen LogP contribution >= 0.6 is 0 Å². The van der Waals surface area contributed by atoms with E-state index in [0.717, 1.165) is 5.56 Å². The molecule has 3 N–H and O–H groups in total. The van der Waals surface area contributed by atoms with E-state index in [2.05, 4.69) is 0 Å². The second-order valence-electron chi connectivity index (χ2n) is 6.14. The highest BCUT2D eigenvalue weighted by atomic mass is 19.1. The van der Waals surface area contributed by atoms with Crippen molar-refractivity contribution in [2.24, 2.45) is 0 Å². The highest BCUT2D eigenvalue weighted by Crippen LogP contribution is 2.32. The van der Waals surface area contributed by atoms with Crippen LogP contribution in [0.4, 0.5) is 4.39 Å². The molecule has 1 heterocycles. The van der Waals surface area contributed by atoms with Crippen molar-refractivity contribution in [3.63, 3.8) is 0 Å². The van der Waals surface area contributed by atoms with Crippen molar-refractivity contribution in [2.45, 2.75) is 37.4 Å². The molecule has 134 valence electrons. The zero-order valence-corrected chi connectivity index (χ0v) is 13.6. The number of hydrogen-bond acceptors (Lipinski definition) is 5. The molecule has 0 spiro atoms. The lowest BCUT2D eigenvalue weighted by molar-refractivity contribution is -0.179. The Bertz CT molecular complexity index is 673. The smallest absolute Gasteiger partial charge is 0.123 e. The Morgan fingerprint density at radius 2 is 1.72 bits per heavy atom. The van der Waals surface area contributed by atoms with E-state index in [4.69, 9.17) is 9.47 Å². The Hall–Kier alpha value is -1.99. The molecule has 0 amide bonds. The molecule has 4 atom stereocenters. The molecule has 1 fully saturated rings. The first-order chi connectivity index (χ1) is 12.1. The molecule has 1 saturated heterocycles. The molecule has 0 aromatic heterocycles.